The molecule has 1 aliphatic heterocycles. The number of carbonyl (C=O) groups excluding carboxylic acids is 1. The van der Waals surface area contributed by atoms with Gasteiger partial charge in [0.15, 0.2) is 0 Å². The molecule has 1 aromatic carbocycles. The highest BCUT2D eigenvalue weighted by atomic mass is 32.1. The number of H-pyrrole nitrogens is 1. The van der Waals surface area contributed by atoms with E-state index in [4.69, 9.17) is 4.98 Å². The summed E-state index contributed by atoms with van der Waals surface area (Å²) in [6.07, 6.45) is 7.75. The first-order chi connectivity index (χ1) is 15.2. The van der Waals surface area contributed by atoms with Gasteiger partial charge in [-0.1, -0.05) is 12.1 Å². The molecular formula is C21H17N7OS2. The van der Waals surface area contributed by atoms with Gasteiger partial charge in [0.25, 0.3) is 5.91 Å². The summed E-state index contributed by atoms with van der Waals surface area (Å²) in [5.74, 6) is -0.0504. The van der Waals surface area contributed by atoms with Gasteiger partial charge >= 0.3 is 0 Å². The van der Waals surface area contributed by atoms with Crippen LogP contribution < -0.4 is 0 Å². The van der Waals surface area contributed by atoms with Gasteiger partial charge in [-0.15, -0.1) is 22.7 Å². The summed E-state index contributed by atoms with van der Waals surface area (Å²) in [5, 5.41) is 5.86. The first-order valence-electron chi connectivity index (χ1n) is 9.81. The molecule has 1 atom stereocenters. The van der Waals surface area contributed by atoms with Crippen molar-refractivity contribution in [3.63, 3.8) is 0 Å². The molecule has 0 bridgehead atoms. The molecule has 0 aliphatic carbocycles. The minimum atomic E-state index is -0.316. The Hall–Kier alpha value is -3.37. The fourth-order valence-electron chi connectivity index (χ4n) is 3.93. The number of imidazole rings is 1. The molecule has 6 rings (SSSR count). The number of fused-ring (bicyclic) bond motifs is 2. The maximum Gasteiger partial charge on any atom is 0.266 e. The van der Waals surface area contributed by atoms with E-state index in [9.17, 15) is 4.79 Å². The summed E-state index contributed by atoms with van der Waals surface area (Å²) in [6, 6.07) is 7.72. The molecule has 5 aromatic rings. The lowest BCUT2D eigenvalue weighted by molar-refractivity contribution is 0.0695. The summed E-state index contributed by atoms with van der Waals surface area (Å²) in [7, 11) is 1.86. The molecule has 0 unspecified atom stereocenters. The number of nitrogens with zero attached hydrogens (tertiary/aromatic N) is 6. The molecule has 154 valence electrons. The van der Waals surface area contributed by atoms with Crippen LogP contribution in [-0.4, -0.2) is 47.1 Å². The fraction of sp³-hybridized carbons (Fsp3) is 0.190. The quantitative estimate of drug-likeness (QED) is 0.456. The van der Waals surface area contributed by atoms with Crippen molar-refractivity contribution in [1.82, 2.24) is 34.6 Å². The second-order valence-electron chi connectivity index (χ2n) is 7.37. The van der Waals surface area contributed by atoms with Crippen molar-refractivity contribution in [2.24, 2.45) is 7.05 Å². The average molecular weight is 448 g/mol. The van der Waals surface area contributed by atoms with Crippen LogP contribution in [0.25, 0.3) is 20.8 Å². The highest BCUT2D eigenvalue weighted by molar-refractivity contribution is 7.18. The van der Waals surface area contributed by atoms with Gasteiger partial charge in [-0.3, -0.25) is 9.48 Å². The van der Waals surface area contributed by atoms with E-state index in [1.165, 1.54) is 11.3 Å². The number of para-hydroxylation sites is 1. The van der Waals surface area contributed by atoms with Gasteiger partial charge < -0.3 is 9.88 Å². The molecule has 1 N–H and O–H groups in total. The van der Waals surface area contributed by atoms with Crippen LogP contribution >= 0.6 is 22.7 Å². The molecule has 0 saturated heterocycles. The smallest absolute Gasteiger partial charge is 0.266 e. The topological polar surface area (TPSA) is 92.6 Å². The second kappa shape index (κ2) is 7.10. The van der Waals surface area contributed by atoms with Crippen molar-refractivity contribution in [2.45, 2.75) is 12.5 Å². The number of hydrogen-bond donors (Lipinski definition) is 1. The first-order valence-corrected chi connectivity index (χ1v) is 11.4. The Morgan fingerprint density at radius 2 is 2.10 bits per heavy atom. The van der Waals surface area contributed by atoms with E-state index in [1.807, 2.05) is 36.3 Å². The minimum Gasteiger partial charge on any atom is -0.348 e. The van der Waals surface area contributed by atoms with Crippen molar-refractivity contribution >= 4 is 38.8 Å². The van der Waals surface area contributed by atoms with Crippen LogP contribution in [0.15, 0.2) is 49.2 Å². The van der Waals surface area contributed by atoms with Gasteiger partial charge in [-0.25, -0.2) is 15.0 Å². The lowest BCUT2D eigenvalue weighted by Crippen LogP contribution is -2.40. The van der Waals surface area contributed by atoms with Gasteiger partial charge in [0.05, 0.1) is 34.6 Å². The molecule has 0 fully saturated rings. The van der Waals surface area contributed by atoms with Crippen LogP contribution in [0.2, 0.25) is 0 Å². The molecule has 0 saturated carbocycles. The predicted octanol–water partition coefficient (Wildman–Crippen LogP) is 3.66. The summed E-state index contributed by atoms with van der Waals surface area (Å²) >= 11 is 3.00. The molecular weight excluding hydrogens is 430 g/mol. The fourth-order valence-corrected chi connectivity index (χ4v) is 5.86. The molecule has 31 heavy (non-hydrogen) atoms. The molecule has 0 spiro atoms. The zero-order chi connectivity index (χ0) is 20.9. The Labute approximate surface area is 185 Å². The number of nitrogens with one attached hydrogen (secondary N) is 1. The van der Waals surface area contributed by atoms with E-state index < -0.39 is 0 Å². The number of amides is 1. The van der Waals surface area contributed by atoms with E-state index in [0.29, 0.717) is 11.4 Å². The summed E-state index contributed by atoms with van der Waals surface area (Å²) in [4.78, 5) is 33.2. The van der Waals surface area contributed by atoms with Crippen molar-refractivity contribution in [3.8, 4) is 10.6 Å². The lowest BCUT2D eigenvalue weighted by atomic mass is 10.0. The van der Waals surface area contributed by atoms with E-state index in [1.54, 1.807) is 34.7 Å². The maximum absolute atomic E-state index is 13.6. The van der Waals surface area contributed by atoms with Crippen LogP contribution in [-0.2, 0) is 13.5 Å². The summed E-state index contributed by atoms with van der Waals surface area (Å²) in [5.41, 5.74) is 3.78. The molecule has 4 aromatic heterocycles. The Bertz CT molecular complexity index is 1380. The highest BCUT2D eigenvalue weighted by Gasteiger charge is 2.37. The van der Waals surface area contributed by atoms with Crippen LogP contribution in [0.3, 0.4) is 0 Å². The van der Waals surface area contributed by atoms with Crippen LogP contribution in [0.1, 0.15) is 32.1 Å². The molecule has 10 heteroatoms. The van der Waals surface area contributed by atoms with Gasteiger partial charge in [0.2, 0.25) is 0 Å². The monoisotopic (exact) mass is 447 g/mol. The normalized spacial score (nSPS) is 16.0. The molecule has 1 amide bonds. The molecule has 1 aliphatic rings. The Kier molecular flexibility index (Phi) is 4.22. The van der Waals surface area contributed by atoms with Crippen molar-refractivity contribution < 1.29 is 4.79 Å². The third kappa shape index (κ3) is 3.06. The third-order valence-corrected chi connectivity index (χ3v) is 7.52. The minimum absolute atomic E-state index is 0.0504. The second-order valence-corrected chi connectivity index (χ2v) is 9.46. The number of benzene rings is 1. The number of aromatic amines is 1. The Morgan fingerprint density at radius 1 is 1.19 bits per heavy atom. The number of aryl methyl sites for hydroxylation is 1. The number of carbonyl (C=O) groups is 1. The average Bonchev–Trinajstić information content (AvgIpc) is 3.57. The summed E-state index contributed by atoms with van der Waals surface area (Å²) < 4.78 is 2.83. The van der Waals surface area contributed by atoms with Crippen molar-refractivity contribution in [3.05, 3.63) is 70.5 Å². The number of hydrogen-bond acceptors (Lipinski definition) is 7. The van der Waals surface area contributed by atoms with Crippen LogP contribution in [0.5, 0.6) is 0 Å². The van der Waals surface area contributed by atoms with E-state index in [0.717, 1.165) is 43.6 Å². The van der Waals surface area contributed by atoms with Gasteiger partial charge in [-0.05, 0) is 12.1 Å². The SMILES string of the molecule is Cn1cc(-c2ncc(C(=O)N3CCc4[nH]cnc4[C@H]3c3nc4ccccc4s3)s2)cn1. The number of thiazole rings is 2. The Morgan fingerprint density at radius 3 is 2.94 bits per heavy atom. The maximum atomic E-state index is 13.6. The number of aromatic nitrogens is 6. The van der Waals surface area contributed by atoms with Crippen LogP contribution in [0.4, 0.5) is 0 Å². The zero-order valence-electron chi connectivity index (χ0n) is 16.5. The van der Waals surface area contributed by atoms with E-state index in [-0.39, 0.29) is 11.9 Å². The van der Waals surface area contributed by atoms with Crippen LogP contribution in [0, 0.1) is 0 Å². The largest absolute Gasteiger partial charge is 0.348 e. The lowest BCUT2D eigenvalue weighted by Gasteiger charge is -2.33. The standard InChI is InChI=1S/C21H17N7OS2/c1-27-10-12(8-25-27)19-22-9-16(31-19)21(29)28-7-6-14-17(24-11-23-14)18(28)20-26-13-4-2-3-5-15(13)30-20/h2-5,8-11,18H,6-7H2,1H3,(H,23,24)/t18-/m0/s1. The third-order valence-electron chi connectivity index (χ3n) is 5.40. The van der Waals surface area contributed by atoms with Gasteiger partial charge in [0.1, 0.15) is 20.9 Å². The van der Waals surface area contributed by atoms with E-state index >= 15 is 0 Å². The van der Waals surface area contributed by atoms with Crippen molar-refractivity contribution in [1.29, 1.82) is 0 Å². The first kappa shape index (κ1) is 18.4. The zero-order valence-corrected chi connectivity index (χ0v) is 18.2. The van der Waals surface area contributed by atoms with Crippen molar-refractivity contribution in [2.75, 3.05) is 6.54 Å². The molecule has 8 nitrogen and oxygen atoms in total. The Balaban J connectivity index is 1.40. The van der Waals surface area contributed by atoms with Gasteiger partial charge in [-0.2, -0.15) is 5.10 Å². The van der Waals surface area contributed by atoms with E-state index in [2.05, 4.69) is 26.1 Å². The molecule has 5 heterocycles. The number of rotatable bonds is 3. The summed E-state index contributed by atoms with van der Waals surface area (Å²) in [6.45, 7) is 0.592. The predicted molar refractivity (Wildman–Crippen MR) is 119 cm³/mol. The molecule has 0 radical (unpaired) electrons. The highest BCUT2D eigenvalue weighted by Crippen LogP contribution is 2.38. The van der Waals surface area contributed by atoms with Gasteiger partial charge in [0, 0.05) is 37.5 Å².